The molecule has 0 bridgehead atoms. The highest BCUT2D eigenvalue weighted by Gasteiger charge is 2.17. The van der Waals surface area contributed by atoms with Crippen molar-refractivity contribution >= 4 is 11.5 Å². The van der Waals surface area contributed by atoms with Crippen LogP contribution in [-0.2, 0) is 0 Å². The topological polar surface area (TPSA) is 107 Å². The number of hydrogen-bond acceptors (Lipinski definition) is 4. The van der Waals surface area contributed by atoms with Crippen molar-refractivity contribution in [3.8, 4) is 28.5 Å². The molecular weight excluding hydrogens is 304 g/mol. The van der Waals surface area contributed by atoms with Crippen molar-refractivity contribution < 1.29 is 9.91 Å². The molecule has 2 aromatic carbocycles. The number of nitro groups is 1. The molecule has 6 nitrogen and oxygen atoms in total. The van der Waals surface area contributed by atoms with Gasteiger partial charge in [0.2, 0.25) is 0 Å². The molecule has 3 aromatic rings. The van der Waals surface area contributed by atoms with Gasteiger partial charge in [-0.1, -0.05) is 30.3 Å². The summed E-state index contributed by atoms with van der Waals surface area (Å²) in [5, 5.41) is 20.2. The molecule has 0 saturated carbocycles. The van der Waals surface area contributed by atoms with Crippen molar-refractivity contribution in [1.82, 2.24) is 0 Å². The van der Waals surface area contributed by atoms with Gasteiger partial charge in [-0.25, -0.2) is 4.98 Å². The molecule has 3 N–H and O–H groups in total. The second kappa shape index (κ2) is 6.18. The van der Waals surface area contributed by atoms with Crippen molar-refractivity contribution in [1.29, 1.82) is 5.26 Å². The third kappa shape index (κ3) is 2.78. The standard InChI is InChI=1S/C18H12N4O2/c19-11-16-15(12-6-8-14(9-7-12)22(23)24)10-17(21-18(16)20)13-4-2-1-3-5-13/h1-10H,(H2,20,21)/p+1. The minimum absolute atomic E-state index is 0.00370. The molecule has 0 saturated heterocycles. The van der Waals surface area contributed by atoms with Crippen LogP contribution in [-0.4, -0.2) is 4.92 Å². The van der Waals surface area contributed by atoms with E-state index >= 15 is 0 Å². The zero-order valence-electron chi connectivity index (χ0n) is 12.6. The van der Waals surface area contributed by atoms with Crippen LogP contribution >= 0.6 is 0 Å². The van der Waals surface area contributed by atoms with Gasteiger partial charge in [-0.05, 0) is 23.8 Å². The fourth-order valence-electron chi connectivity index (χ4n) is 2.49. The lowest BCUT2D eigenvalue weighted by atomic mass is 9.98. The lowest BCUT2D eigenvalue weighted by Crippen LogP contribution is -2.16. The highest BCUT2D eigenvalue weighted by Crippen LogP contribution is 2.30. The first-order chi connectivity index (χ1) is 11.6. The van der Waals surface area contributed by atoms with Gasteiger partial charge >= 0.3 is 0 Å². The number of aromatic amines is 1. The van der Waals surface area contributed by atoms with Crippen molar-refractivity contribution in [2.24, 2.45) is 0 Å². The average Bonchev–Trinajstić information content (AvgIpc) is 2.62. The minimum atomic E-state index is -0.461. The first kappa shape index (κ1) is 15.2. The normalized spacial score (nSPS) is 10.1. The van der Waals surface area contributed by atoms with Crippen LogP contribution in [0.4, 0.5) is 11.5 Å². The van der Waals surface area contributed by atoms with Crippen LogP contribution < -0.4 is 10.7 Å². The van der Waals surface area contributed by atoms with E-state index in [0.29, 0.717) is 16.7 Å². The summed E-state index contributed by atoms with van der Waals surface area (Å²) >= 11 is 0. The number of aromatic nitrogens is 1. The number of nitro benzene ring substituents is 1. The Bertz CT molecular complexity index is 945. The van der Waals surface area contributed by atoms with Gasteiger partial charge < -0.3 is 0 Å². The Morgan fingerprint density at radius 2 is 1.71 bits per heavy atom. The largest absolute Gasteiger partial charge is 0.289 e. The number of nitrogens with two attached hydrogens (primary N) is 1. The van der Waals surface area contributed by atoms with E-state index in [2.05, 4.69) is 11.1 Å². The van der Waals surface area contributed by atoms with Crippen LogP contribution in [0.3, 0.4) is 0 Å². The van der Waals surface area contributed by atoms with Crippen LogP contribution in [0.25, 0.3) is 22.4 Å². The third-order valence-corrected chi connectivity index (χ3v) is 3.68. The Morgan fingerprint density at radius 1 is 1.04 bits per heavy atom. The predicted octanol–water partition coefficient (Wildman–Crippen LogP) is 3.20. The number of nitriles is 1. The molecule has 0 spiro atoms. The molecule has 0 unspecified atom stereocenters. The first-order valence-corrected chi connectivity index (χ1v) is 7.16. The molecule has 6 heteroatoms. The van der Waals surface area contributed by atoms with E-state index in [9.17, 15) is 15.4 Å². The Labute approximate surface area is 138 Å². The van der Waals surface area contributed by atoms with Gasteiger partial charge in [-0.15, -0.1) is 0 Å². The van der Waals surface area contributed by atoms with Crippen molar-refractivity contribution in [3.05, 3.63) is 76.3 Å². The summed E-state index contributed by atoms with van der Waals surface area (Å²) in [5.41, 5.74) is 9.31. The number of nitrogens with zero attached hydrogens (tertiary/aromatic N) is 2. The Hall–Kier alpha value is -3.72. The molecule has 0 atom stereocenters. The molecule has 24 heavy (non-hydrogen) atoms. The van der Waals surface area contributed by atoms with Crippen molar-refractivity contribution in [2.75, 3.05) is 5.73 Å². The fourth-order valence-corrected chi connectivity index (χ4v) is 2.49. The van der Waals surface area contributed by atoms with E-state index in [-0.39, 0.29) is 11.5 Å². The second-order valence-electron chi connectivity index (χ2n) is 5.17. The maximum Gasteiger partial charge on any atom is 0.289 e. The van der Waals surface area contributed by atoms with Crippen LogP contribution in [0.2, 0.25) is 0 Å². The van der Waals surface area contributed by atoms with Crippen molar-refractivity contribution in [2.45, 2.75) is 0 Å². The highest BCUT2D eigenvalue weighted by molar-refractivity contribution is 5.78. The number of rotatable bonds is 3. The van der Waals surface area contributed by atoms with Gasteiger partial charge in [-0.2, -0.15) is 5.26 Å². The van der Waals surface area contributed by atoms with E-state index in [0.717, 1.165) is 11.3 Å². The average molecular weight is 317 g/mol. The third-order valence-electron chi connectivity index (χ3n) is 3.68. The maximum absolute atomic E-state index is 10.8. The maximum atomic E-state index is 10.8. The van der Waals surface area contributed by atoms with E-state index in [1.807, 2.05) is 36.4 Å². The van der Waals surface area contributed by atoms with E-state index in [4.69, 9.17) is 5.73 Å². The lowest BCUT2D eigenvalue weighted by molar-refractivity contribution is -0.384. The molecule has 1 heterocycles. The molecule has 3 rings (SSSR count). The zero-order chi connectivity index (χ0) is 17.1. The molecule has 0 amide bonds. The number of H-pyrrole nitrogens is 1. The molecular formula is C18H13N4O2+. The van der Waals surface area contributed by atoms with E-state index in [1.54, 1.807) is 12.1 Å². The summed E-state index contributed by atoms with van der Waals surface area (Å²) in [4.78, 5) is 13.4. The molecule has 1 aromatic heterocycles. The minimum Gasteiger partial charge on any atom is -0.286 e. The number of anilines is 1. The summed E-state index contributed by atoms with van der Waals surface area (Å²) in [5.74, 6) is 0.257. The Kier molecular flexibility index (Phi) is 3.91. The molecule has 0 aliphatic heterocycles. The highest BCUT2D eigenvalue weighted by atomic mass is 16.6. The zero-order valence-corrected chi connectivity index (χ0v) is 12.6. The van der Waals surface area contributed by atoms with Gasteiger partial charge in [0.25, 0.3) is 11.5 Å². The molecule has 0 aliphatic rings. The van der Waals surface area contributed by atoms with Crippen LogP contribution in [0.1, 0.15) is 5.56 Å². The molecule has 0 radical (unpaired) electrons. The fraction of sp³-hybridized carbons (Fsp3) is 0. The predicted molar refractivity (Wildman–Crippen MR) is 89.7 cm³/mol. The van der Waals surface area contributed by atoms with Gasteiger partial charge in [0, 0.05) is 23.3 Å². The molecule has 0 aliphatic carbocycles. The first-order valence-electron chi connectivity index (χ1n) is 7.16. The summed E-state index contributed by atoms with van der Waals surface area (Å²) < 4.78 is 0. The summed E-state index contributed by atoms with van der Waals surface area (Å²) in [6.45, 7) is 0. The number of benzene rings is 2. The monoisotopic (exact) mass is 317 g/mol. The number of non-ortho nitro benzene ring substituents is 1. The van der Waals surface area contributed by atoms with Gasteiger partial charge in [0.15, 0.2) is 0 Å². The second-order valence-corrected chi connectivity index (χ2v) is 5.17. The van der Waals surface area contributed by atoms with Gasteiger partial charge in [0.1, 0.15) is 17.3 Å². The Morgan fingerprint density at radius 3 is 2.29 bits per heavy atom. The quantitative estimate of drug-likeness (QED) is 0.591. The van der Waals surface area contributed by atoms with Crippen LogP contribution in [0.5, 0.6) is 0 Å². The van der Waals surface area contributed by atoms with Crippen LogP contribution in [0.15, 0.2) is 60.7 Å². The van der Waals surface area contributed by atoms with Crippen molar-refractivity contribution in [3.63, 3.8) is 0 Å². The number of pyridine rings is 1. The van der Waals surface area contributed by atoms with Crippen LogP contribution in [0, 0.1) is 21.4 Å². The summed E-state index contributed by atoms with van der Waals surface area (Å²) in [7, 11) is 0. The molecule has 0 fully saturated rings. The van der Waals surface area contributed by atoms with Gasteiger partial charge in [-0.3, -0.25) is 15.8 Å². The van der Waals surface area contributed by atoms with E-state index in [1.165, 1.54) is 12.1 Å². The smallest absolute Gasteiger partial charge is 0.286 e. The SMILES string of the molecule is N#Cc1c(-c2ccc([N+](=O)[O-])cc2)cc(-c2ccccc2)[nH+]c1N. The number of hydrogen-bond donors (Lipinski definition) is 1. The summed E-state index contributed by atoms with van der Waals surface area (Å²) in [6, 6.07) is 19.5. The lowest BCUT2D eigenvalue weighted by Gasteiger charge is -2.07. The number of nitrogens with one attached hydrogen (secondary N) is 1. The van der Waals surface area contributed by atoms with Gasteiger partial charge in [0.05, 0.1) is 4.92 Å². The van der Waals surface area contributed by atoms with E-state index < -0.39 is 4.92 Å². The Balaban J connectivity index is 2.17. The molecule has 116 valence electrons. The summed E-state index contributed by atoms with van der Waals surface area (Å²) in [6.07, 6.45) is 0. The number of nitrogen functional groups attached to an aromatic ring is 1.